The molecule has 22 nitrogen and oxygen atoms in total. The number of benzene rings is 2. The number of anilines is 1. The molecule has 5 amide bonds. The summed E-state index contributed by atoms with van der Waals surface area (Å²) in [6, 6.07) is 15.4. The van der Waals surface area contributed by atoms with Gasteiger partial charge in [0.2, 0.25) is 23.6 Å². The molecule has 2 aromatic carbocycles. The van der Waals surface area contributed by atoms with E-state index in [1.54, 1.807) is 27.8 Å². The number of likely N-dealkylation sites (tertiary alicyclic amines) is 2. The van der Waals surface area contributed by atoms with E-state index in [0.717, 1.165) is 41.2 Å². The Morgan fingerprint density at radius 1 is 0.844 bits per heavy atom. The first-order valence-corrected chi connectivity index (χ1v) is 27.0. The van der Waals surface area contributed by atoms with Crippen molar-refractivity contribution in [1.29, 1.82) is 0 Å². The minimum Gasteiger partial charge on any atom is -0.391 e. The molecule has 2 aromatic heterocycles. The number of ether oxygens (including phenoxy) is 5. The van der Waals surface area contributed by atoms with E-state index in [4.69, 9.17) is 23.7 Å². The molecule has 6 N–H and O–H groups in total. The number of aryl methyl sites for hydroxylation is 1. The van der Waals surface area contributed by atoms with Gasteiger partial charge in [-0.05, 0) is 47.9 Å². The first-order valence-electron chi connectivity index (χ1n) is 26.1. The van der Waals surface area contributed by atoms with Crippen molar-refractivity contribution in [2.45, 2.75) is 90.4 Å². The van der Waals surface area contributed by atoms with Gasteiger partial charge in [0.1, 0.15) is 49.9 Å². The van der Waals surface area contributed by atoms with Crippen molar-refractivity contribution in [2.75, 3.05) is 104 Å². The maximum atomic E-state index is 14.0. The van der Waals surface area contributed by atoms with Gasteiger partial charge in [-0.2, -0.15) is 0 Å². The summed E-state index contributed by atoms with van der Waals surface area (Å²) in [7, 11) is 0. The molecule has 2 saturated heterocycles. The lowest BCUT2D eigenvalue weighted by Crippen LogP contribution is -2.58. The van der Waals surface area contributed by atoms with Crippen LogP contribution in [0.5, 0.6) is 0 Å². The molecule has 0 saturated carbocycles. The quantitative estimate of drug-likeness (QED) is 0.0351. The summed E-state index contributed by atoms with van der Waals surface area (Å²) in [5, 5.41) is 33.0. The van der Waals surface area contributed by atoms with Gasteiger partial charge in [-0.25, -0.2) is 15.0 Å². The highest BCUT2D eigenvalue weighted by molar-refractivity contribution is 7.13. The Balaban J connectivity index is 0.680. The van der Waals surface area contributed by atoms with Crippen molar-refractivity contribution >= 4 is 46.7 Å². The number of rotatable bonds is 28. The standard InChI is InChI=1S/C54H74N10O12S/c1-35(37-10-12-39(13-11-37)49-36(2)58-33-77-49)59-52(70)45-22-42(65)29-64(45)53(71)50(54(3,4)5)61-47(67)30-73-18-16-72-17-20-75-34-76-21-19-74-31-48(68)63-26-41(27-63)60-46-23-44(56-32-57-46)51(69)55-24-43(66)28-62-15-14-38-8-6-7-9-40(38)25-62/h6-13,23,32-33,35,41-43,45,50,65-66H,14-22,24-31,34H2,1-5H3,(H,55,69)(H,59,70)(H,61,67)(H,56,57,60)/t35-,42+,43-,45-,50+/m0/s1. The average Bonchev–Trinajstić information content (AvgIpc) is 4.06. The zero-order valence-electron chi connectivity index (χ0n) is 44.6. The van der Waals surface area contributed by atoms with E-state index in [-0.39, 0.29) is 109 Å². The second kappa shape index (κ2) is 28.6. The van der Waals surface area contributed by atoms with E-state index >= 15 is 0 Å². The number of β-amino-alcohol motifs (C(OH)–C–C–N with tert-alkyl or cyclic N) is 2. The van der Waals surface area contributed by atoms with Crippen molar-refractivity contribution in [2.24, 2.45) is 5.41 Å². The zero-order valence-corrected chi connectivity index (χ0v) is 45.4. The number of hydrogen-bond acceptors (Lipinski definition) is 18. The van der Waals surface area contributed by atoms with Crippen LogP contribution in [0.1, 0.15) is 73.0 Å². The Labute approximate surface area is 453 Å². The Bertz CT molecular complexity index is 2580. The Hall–Kier alpha value is -6.02. The van der Waals surface area contributed by atoms with Gasteiger partial charge < -0.3 is 65.0 Å². The third-order valence-corrected chi connectivity index (χ3v) is 14.4. The highest BCUT2D eigenvalue weighted by Crippen LogP contribution is 2.30. The predicted molar refractivity (Wildman–Crippen MR) is 285 cm³/mol. The molecule has 77 heavy (non-hydrogen) atoms. The average molecular weight is 1090 g/mol. The number of carbonyl (C=O) groups is 5. The molecule has 3 aliphatic rings. The zero-order chi connectivity index (χ0) is 54.9. The van der Waals surface area contributed by atoms with Gasteiger partial charge in [-0.1, -0.05) is 69.3 Å². The number of carbonyl (C=O) groups excluding carboxylic acids is 5. The first kappa shape index (κ1) is 58.7. The second-order valence-electron chi connectivity index (χ2n) is 20.6. The van der Waals surface area contributed by atoms with Gasteiger partial charge in [-0.15, -0.1) is 11.3 Å². The van der Waals surface area contributed by atoms with Crippen LogP contribution in [0.2, 0.25) is 0 Å². The number of aliphatic hydroxyl groups excluding tert-OH is 2. The lowest BCUT2D eigenvalue weighted by atomic mass is 9.85. The molecule has 5 heterocycles. The molecular weight excluding hydrogens is 1010 g/mol. The van der Waals surface area contributed by atoms with Crippen molar-refractivity contribution in [1.82, 2.24) is 45.6 Å². The number of thiazole rings is 1. The van der Waals surface area contributed by atoms with Crippen molar-refractivity contribution in [3.05, 3.63) is 94.5 Å². The molecule has 2 fully saturated rings. The van der Waals surface area contributed by atoms with Crippen molar-refractivity contribution in [3.63, 3.8) is 0 Å². The van der Waals surface area contributed by atoms with E-state index in [1.165, 1.54) is 22.4 Å². The Morgan fingerprint density at radius 2 is 1.53 bits per heavy atom. The second-order valence-corrected chi connectivity index (χ2v) is 21.4. The summed E-state index contributed by atoms with van der Waals surface area (Å²) in [5.74, 6) is -1.49. The van der Waals surface area contributed by atoms with Crippen LogP contribution in [0.4, 0.5) is 5.82 Å². The van der Waals surface area contributed by atoms with E-state index < -0.39 is 47.4 Å². The fourth-order valence-corrected chi connectivity index (χ4v) is 9.99. The predicted octanol–water partition coefficient (Wildman–Crippen LogP) is 2.09. The first-order chi connectivity index (χ1) is 37.0. The van der Waals surface area contributed by atoms with E-state index in [9.17, 15) is 34.2 Å². The SMILES string of the molecule is Cc1ncsc1-c1ccc([C@H](C)NC(=O)[C@@H]2C[C@@H](O)CN2C(=O)[C@@H](NC(=O)COCCOCCOCOCCOCC(=O)N2CC(Nc3cc(C(=O)NC[C@H](O)CN4CCc5ccccc5C4)ncn3)C2)C(C)(C)C)cc1. The largest absolute Gasteiger partial charge is 0.391 e. The van der Waals surface area contributed by atoms with Gasteiger partial charge >= 0.3 is 0 Å². The van der Waals surface area contributed by atoms with Crippen molar-refractivity contribution < 1.29 is 57.9 Å². The lowest BCUT2D eigenvalue weighted by molar-refractivity contribution is -0.144. The number of amides is 5. The summed E-state index contributed by atoms with van der Waals surface area (Å²) in [6.45, 7) is 13.0. The van der Waals surface area contributed by atoms with Gasteiger partial charge in [0, 0.05) is 58.3 Å². The Kier molecular flexibility index (Phi) is 21.8. The maximum absolute atomic E-state index is 14.0. The number of nitrogens with one attached hydrogen (secondary N) is 4. The molecule has 4 aromatic rings. The van der Waals surface area contributed by atoms with E-state index in [0.29, 0.717) is 25.5 Å². The molecule has 23 heteroatoms. The van der Waals surface area contributed by atoms with Crippen LogP contribution in [0.25, 0.3) is 10.4 Å². The van der Waals surface area contributed by atoms with Crippen LogP contribution in [0.3, 0.4) is 0 Å². The number of aliphatic hydroxyl groups is 2. The molecule has 418 valence electrons. The molecule has 0 spiro atoms. The maximum Gasteiger partial charge on any atom is 0.270 e. The van der Waals surface area contributed by atoms with Gasteiger partial charge in [0.05, 0.1) is 80.0 Å². The normalized spacial score (nSPS) is 18.0. The molecular formula is C54H74N10O12S. The fourth-order valence-electron chi connectivity index (χ4n) is 9.18. The summed E-state index contributed by atoms with van der Waals surface area (Å²) in [5.41, 5.74) is 6.72. The number of nitrogens with zero attached hydrogens (tertiary/aromatic N) is 6. The Morgan fingerprint density at radius 3 is 2.23 bits per heavy atom. The summed E-state index contributed by atoms with van der Waals surface area (Å²) < 4.78 is 27.4. The molecule has 3 aliphatic heterocycles. The molecule has 0 radical (unpaired) electrons. The monoisotopic (exact) mass is 1090 g/mol. The van der Waals surface area contributed by atoms with Crippen LogP contribution in [-0.4, -0.2) is 199 Å². The highest BCUT2D eigenvalue weighted by Gasteiger charge is 2.45. The summed E-state index contributed by atoms with van der Waals surface area (Å²) in [6.07, 6.45) is 0.674. The molecule has 7 rings (SSSR count). The van der Waals surface area contributed by atoms with E-state index in [2.05, 4.69) is 53.3 Å². The van der Waals surface area contributed by atoms with Crippen LogP contribution in [0, 0.1) is 12.3 Å². The minimum absolute atomic E-state index is 0.00248. The van der Waals surface area contributed by atoms with Crippen LogP contribution >= 0.6 is 11.3 Å². The molecule has 0 unspecified atom stereocenters. The number of fused-ring (bicyclic) bond motifs is 1. The smallest absolute Gasteiger partial charge is 0.270 e. The molecule has 0 bridgehead atoms. The van der Waals surface area contributed by atoms with E-state index in [1.807, 2.05) is 71.0 Å². The topological polar surface area (TPSA) is 268 Å². The summed E-state index contributed by atoms with van der Waals surface area (Å²) in [4.78, 5) is 85.0. The van der Waals surface area contributed by atoms with Gasteiger partial charge in [0.25, 0.3) is 5.91 Å². The van der Waals surface area contributed by atoms with Gasteiger partial charge in [0.15, 0.2) is 0 Å². The minimum atomic E-state index is -0.994. The van der Waals surface area contributed by atoms with Crippen LogP contribution < -0.4 is 21.3 Å². The van der Waals surface area contributed by atoms with Gasteiger partial charge in [-0.3, -0.25) is 28.9 Å². The number of hydrogen-bond donors (Lipinski definition) is 6. The molecule has 5 atom stereocenters. The number of aromatic nitrogens is 3. The molecule has 0 aliphatic carbocycles. The third kappa shape index (κ3) is 17.5. The van der Waals surface area contributed by atoms with Crippen LogP contribution in [-0.2, 0) is 55.8 Å². The third-order valence-electron chi connectivity index (χ3n) is 13.5. The highest BCUT2D eigenvalue weighted by atomic mass is 32.1. The lowest BCUT2D eigenvalue weighted by Gasteiger charge is -2.39. The van der Waals surface area contributed by atoms with Crippen molar-refractivity contribution in [3.8, 4) is 10.4 Å². The van der Waals surface area contributed by atoms with Crippen LogP contribution in [0.15, 0.2) is 66.4 Å². The fraction of sp³-hybridized carbons (Fsp3) is 0.556. The summed E-state index contributed by atoms with van der Waals surface area (Å²) >= 11 is 1.56.